The number of para-hydroxylation sites is 1. The Kier molecular flexibility index (Phi) is 10.3. The van der Waals surface area contributed by atoms with Gasteiger partial charge < -0.3 is 36.9 Å². The van der Waals surface area contributed by atoms with Gasteiger partial charge in [0.05, 0.1) is 12.6 Å². The summed E-state index contributed by atoms with van der Waals surface area (Å²) >= 11 is 4.17. The molecule has 11 nitrogen and oxygen atoms in total. The van der Waals surface area contributed by atoms with Gasteiger partial charge in [0.1, 0.15) is 18.1 Å². The van der Waals surface area contributed by atoms with Gasteiger partial charge in [-0.3, -0.25) is 14.4 Å². The van der Waals surface area contributed by atoms with E-state index in [9.17, 15) is 29.4 Å². The van der Waals surface area contributed by atoms with E-state index in [4.69, 9.17) is 5.73 Å². The lowest BCUT2D eigenvalue weighted by molar-refractivity contribution is -0.143. The number of aromatic amines is 1. The first-order valence-corrected chi connectivity index (χ1v) is 12.6. The molecular weight excluding hydrogens is 510 g/mol. The number of amides is 3. The number of rotatable bonds is 13. The van der Waals surface area contributed by atoms with Gasteiger partial charge in [0, 0.05) is 29.3 Å². The molecule has 8 N–H and O–H groups in total. The Labute approximate surface area is 224 Å². The van der Waals surface area contributed by atoms with Crippen molar-refractivity contribution in [1.29, 1.82) is 0 Å². The van der Waals surface area contributed by atoms with Crippen LogP contribution in [0.2, 0.25) is 0 Å². The van der Waals surface area contributed by atoms with Crippen molar-refractivity contribution in [2.45, 2.75) is 37.0 Å². The van der Waals surface area contributed by atoms with E-state index in [0.29, 0.717) is 5.56 Å². The van der Waals surface area contributed by atoms with E-state index in [0.717, 1.165) is 16.5 Å². The molecule has 2 aromatic carbocycles. The van der Waals surface area contributed by atoms with Gasteiger partial charge in [0.2, 0.25) is 17.7 Å². The number of thiol groups is 1. The van der Waals surface area contributed by atoms with Crippen LogP contribution in [0.15, 0.2) is 60.8 Å². The van der Waals surface area contributed by atoms with Crippen LogP contribution >= 0.6 is 12.6 Å². The third-order valence-corrected chi connectivity index (χ3v) is 6.35. The average Bonchev–Trinajstić information content (AvgIpc) is 3.32. The minimum Gasteiger partial charge on any atom is -0.480 e. The number of aliphatic hydroxyl groups excluding tert-OH is 1. The second-order valence-corrected chi connectivity index (χ2v) is 9.11. The van der Waals surface area contributed by atoms with E-state index < -0.39 is 54.5 Å². The molecule has 202 valence electrons. The van der Waals surface area contributed by atoms with Crippen LogP contribution in [-0.4, -0.2) is 75.4 Å². The molecule has 1 aromatic heterocycles. The number of hydrogen-bond acceptors (Lipinski definition) is 7. The Hall–Kier alpha value is -3.87. The standard InChI is InChI=1S/C26H31N5O6S/c27-18(10-15-6-2-1-3-7-15)23(33)31-22(14-38)25(35)29-20(24(34)30-21(13-32)26(36)37)11-16-12-28-19-9-5-4-8-17(16)19/h1-9,12,18,20-22,28,32,38H,10-11,13-14,27H2,(H,29,35)(H,30,34)(H,31,33)(H,36,37). The van der Waals surface area contributed by atoms with Crippen molar-refractivity contribution >= 4 is 47.2 Å². The second-order valence-electron chi connectivity index (χ2n) is 8.75. The van der Waals surface area contributed by atoms with Crippen molar-refractivity contribution < 1.29 is 29.4 Å². The van der Waals surface area contributed by atoms with Gasteiger partial charge in [-0.25, -0.2) is 4.79 Å². The summed E-state index contributed by atoms with van der Waals surface area (Å²) in [6.07, 6.45) is 1.97. The van der Waals surface area contributed by atoms with Crippen LogP contribution in [0.1, 0.15) is 11.1 Å². The van der Waals surface area contributed by atoms with Gasteiger partial charge in [-0.2, -0.15) is 12.6 Å². The average molecular weight is 542 g/mol. The highest BCUT2D eigenvalue weighted by Crippen LogP contribution is 2.19. The third kappa shape index (κ3) is 7.57. The van der Waals surface area contributed by atoms with E-state index in [1.165, 1.54) is 0 Å². The Morgan fingerprint density at radius 3 is 2.11 bits per heavy atom. The zero-order valence-electron chi connectivity index (χ0n) is 20.5. The molecule has 1 heterocycles. The molecule has 0 spiro atoms. The maximum atomic E-state index is 13.1. The first kappa shape index (κ1) is 28.7. The molecule has 0 saturated carbocycles. The lowest BCUT2D eigenvalue weighted by Gasteiger charge is -2.24. The van der Waals surface area contributed by atoms with Crippen LogP contribution in [0, 0.1) is 0 Å². The van der Waals surface area contributed by atoms with Crippen molar-refractivity contribution in [3.05, 3.63) is 71.9 Å². The third-order valence-electron chi connectivity index (χ3n) is 5.98. The highest BCUT2D eigenvalue weighted by molar-refractivity contribution is 7.80. The zero-order chi connectivity index (χ0) is 27.7. The molecule has 0 aliphatic carbocycles. The zero-order valence-corrected chi connectivity index (χ0v) is 21.4. The van der Waals surface area contributed by atoms with Gasteiger partial charge in [0.25, 0.3) is 0 Å². The van der Waals surface area contributed by atoms with E-state index in [1.807, 2.05) is 54.6 Å². The number of benzene rings is 2. The van der Waals surface area contributed by atoms with Crippen molar-refractivity contribution in [2.24, 2.45) is 5.73 Å². The largest absolute Gasteiger partial charge is 0.480 e. The van der Waals surface area contributed by atoms with Gasteiger partial charge >= 0.3 is 5.97 Å². The summed E-state index contributed by atoms with van der Waals surface area (Å²) in [5, 5.41) is 26.8. The SMILES string of the molecule is NC(Cc1ccccc1)C(=O)NC(CS)C(=O)NC(Cc1c[nH]c2ccccc12)C(=O)NC(CO)C(=O)O. The first-order valence-electron chi connectivity index (χ1n) is 11.9. The first-order chi connectivity index (χ1) is 18.2. The molecular formula is C26H31N5O6S. The summed E-state index contributed by atoms with van der Waals surface area (Å²) in [4.78, 5) is 53.2. The smallest absolute Gasteiger partial charge is 0.328 e. The molecule has 0 radical (unpaired) electrons. The predicted molar refractivity (Wildman–Crippen MR) is 144 cm³/mol. The van der Waals surface area contributed by atoms with Crippen LogP contribution in [0.25, 0.3) is 10.9 Å². The summed E-state index contributed by atoms with van der Waals surface area (Å²) in [5.74, 6) is -3.57. The summed E-state index contributed by atoms with van der Waals surface area (Å²) in [6.45, 7) is -0.830. The topological polar surface area (TPSA) is 187 Å². The maximum Gasteiger partial charge on any atom is 0.328 e. The Bertz CT molecular complexity index is 1270. The number of H-pyrrole nitrogens is 1. The van der Waals surface area contributed by atoms with Crippen LogP contribution < -0.4 is 21.7 Å². The summed E-state index contributed by atoms with van der Waals surface area (Å²) in [7, 11) is 0. The van der Waals surface area contributed by atoms with Gasteiger partial charge in [-0.15, -0.1) is 0 Å². The van der Waals surface area contributed by atoms with Crippen molar-refractivity contribution in [3.8, 4) is 0 Å². The summed E-state index contributed by atoms with van der Waals surface area (Å²) in [5.41, 5.74) is 8.41. The lowest BCUT2D eigenvalue weighted by atomic mass is 10.0. The number of carboxylic acid groups (broad SMARTS) is 1. The molecule has 0 fully saturated rings. The van der Waals surface area contributed by atoms with E-state index in [2.05, 4.69) is 33.6 Å². The Balaban J connectivity index is 1.74. The lowest BCUT2D eigenvalue weighted by Crippen LogP contribution is -2.58. The molecule has 0 aliphatic heterocycles. The highest BCUT2D eigenvalue weighted by Gasteiger charge is 2.30. The number of aliphatic carboxylic acids is 1. The number of carbonyl (C=O) groups excluding carboxylic acids is 3. The number of nitrogens with one attached hydrogen (secondary N) is 4. The van der Waals surface area contributed by atoms with Gasteiger partial charge in [-0.05, 0) is 23.6 Å². The molecule has 38 heavy (non-hydrogen) atoms. The van der Waals surface area contributed by atoms with Crippen LogP contribution in [0.4, 0.5) is 0 Å². The van der Waals surface area contributed by atoms with Crippen molar-refractivity contribution in [2.75, 3.05) is 12.4 Å². The predicted octanol–water partition coefficient (Wildman–Crippen LogP) is -0.258. The summed E-state index contributed by atoms with van der Waals surface area (Å²) < 4.78 is 0. The van der Waals surface area contributed by atoms with E-state index in [1.54, 1.807) is 6.20 Å². The molecule has 0 saturated heterocycles. The monoisotopic (exact) mass is 541 g/mol. The fraction of sp³-hybridized carbons (Fsp3) is 0.308. The number of hydrogen-bond donors (Lipinski definition) is 8. The number of carbonyl (C=O) groups is 4. The number of aromatic nitrogens is 1. The molecule has 4 unspecified atom stereocenters. The number of nitrogens with two attached hydrogens (primary N) is 1. The number of fused-ring (bicyclic) bond motifs is 1. The minimum atomic E-state index is -1.55. The summed E-state index contributed by atoms with van der Waals surface area (Å²) in [6, 6.07) is 11.7. The highest BCUT2D eigenvalue weighted by atomic mass is 32.1. The molecule has 12 heteroatoms. The van der Waals surface area contributed by atoms with Gasteiger partial charge in [0.15, 0.2) is 0 Å². The number of aliphatic hydroxyl groups is 1. The Morgan fingerprint density at radius 2 is 1.45 bits per heavy atom. The van der Waals surface area contributed by atoms with E-state index in [-0.39, 0.29) is 18.6 Å². The molecule has 3 amide bonds. The normalized spacial score (nSPS) is 14.2. The molecule has 3 rings (SSSR count). The van der Waals surface area contributed by atoms with Crippen molar-refractivity contribution in [1.82, 2.24) is 20.9 Å². The molecule has 0 bridgehead atoms. The molecule has 0 aliphatic rings. The fourth-order valence-corrected chi connectivity index (χ4v) is 4.15. The minimum absolute atomic E-state index is 0.0140. The maximum absolute atomic E-state index is 13.1. The van der Waals surface area contributed by atoms with Crippen LogP contribution in [-0.2, 0) is 32.0 Å². The number of carboxylic acids is 1. The Morgan fingerprint density at radius 1 is 0.842 bits per heavy atom. The second kappa shape index (κ2) is 13.6. The van der Waals surface area contributed by atoms with Crippen LogP contribution in [0.3, 0.4) is 0 Å². The molecule has 4 atom stereocenters. The quantitative estimate of drug-likeness (QED) is 0.137. The molecule has 3 aromatic rings. The van der Waals surface area contributed by atoms with Gasteiger partial charge in [-0.1, -0.05) is 48.5 Å². The van der Waals surface area contributed by atoms with E-state index >= 15 is 0 Å². The van der Waals surface area contributed by atoms with Crippen LogP contribution in [0.5, 0.6) is 0 Å². The fourth-order valence-electron chi connectivity index (χ4n) is 3.89. The van der Waals surface area contributed by atoms with Crippen molar-refractivity contribution in [3.63, 3.8) is 0 Å².